The summed E-state index contributed by atoms with van der Waals surface area (Å²) < 4.78 is 5.59. The molecule has 0 radical (unpaired) electrons. The Morgan fingerprint density at radius 1 is 1.04 bits per heavy atom. The molecule has 0 aliphatic rings. The number of hydrogen-bond acceptors (Lipinski definition) is 4. The minimum absolute atomic E-state index is 0.0402. The van der Waals surface area contributed by atoms with Crippen LogP contribution in [0.25, 0.3) is 11.3 Å². The van der Waals surface area contributed by atoms with Gasteiger partial charge in [-0.1, -0.05) is 18.2 Å². The maximum atomic E-state index is 12.1. The van der Waals surface area contributed by atoms with Crippen molar-refractivity contribution in [3.8, 4) is 17.0 Å². The number of nitrogens with one attached hydrogen (secondary N) is 1. The Bertz CT molecular complexity index is 927. The highest BCUT2D eigenvalue weighted by Crippen LogP contribution is 2.26. The lowest BCUT2D eigenvalue weighted by molar-refractivity contribution is -0.118. The minimum atomic E-state index is -0.217. The summed E-state index contributed by atoms with van der Waals surface area (Å²) in [5, 5.41) is 5.33. The Balaban J connectivity index is 1.61. The zero-order valence-electron chi connectivity index (χ0n) is 15.4. The summed E-state index contributed by atoms with van der Waals surface area (Å²) in [6.45, 7) is 8.13. The van der Waals surface area contributed by atoms with Crippen LogP contribution in [0.3, 0.4) is 0 Å². The quantitative estimate of drug-likeness (QED) is 0.686. The number of rotatable bonds is 5. The first kappa shape index (κ1) is 18.1. The van der Waals surface area contributed by atoms with E-state index in [1.165, 1.54) is 22.5 Å². The van der Waals surface area contributed by atoms with Gasteiger partial charge in [-0.05, 0) is 68.1 Å². The molecule has 0 atom stereocenters. The summed E-state index contributed by atoms with van der Waals surface area (Å²) in [6.07, 6.45) is 0. The van der Waals surface area contributed by atoms with Crippen molar-refractivity contribution in [1.82, 2.24) is 4.98 Å². The molecule has 0 bridgehead atoms. The van der Waals surface area contributed by atoms with Crippen molar-refractivity contribution in [2.24, 2.45) is 0 Å². The van der Waals surface area contributed by atoms with E-state index in [9.17, 15) is 4.79 Å². The van der Waals surface area contributed by atoms with Crippen LogP contribution in [0.2, 0.25) is 0 Å². The number of aryl methyl sites for hydroxylation is 4. The van der Waals surface area contributed by atoms with E-state index in [1.54, 1.807) is 0 Å². The molecule has 5 heteroatoms. The van der Waals surface area contributed by atoms with Crippen LogP contribution in [0.4, 0.5) is 5.13 Å². The molecule has 1 aromatic heterocycles. The SMILES string of the molecule is Cc1cc(C)cc(OCC(=O)Nc2nc(-c3ccc(C)c(C)c3)cs2)c1. The largest absolute Gasteiger partial charge is 0.484 e. The van der Waals surface area contributed by atoms with Crippen molar-refractivity contribution in [2.45, 2.75) is 27.7 Å². The van der Waals surface area contributed by atoms with E-state index in [2.05, 4.69) is 42.3 Å². The molecule has 0 saturated carbocycles. The van der Waals surface area contributed by atoms with Crippen LogP contribution in [0.1, 0.15) is 22.3 Å². The van der Waals surface area contributed by atoms with E-state index in [0.29, 0.717) is 10.9 Å². The zero-order chi connectivity index (χ0) is 18.7. The number of carbonyl (C=O) groups excluding carboxylic acids is 1. The number of amides is 1. The summed E-state index contributed by atoms with van der Waals surface area (Å²) in [6, 6.07) is 12.1. The van der Waals surface area contributed by atoms with Crippen molar-refractivity contribution in [3.05, 3.63) is 64.0 Å². The fraction of sp³-hybridized carbons (Fsp3) is 0.238. The van der Waals surface area contributed by atoms with Gasteiger partial charge in [0.1, 0.15) is 5.75 Å². The second-order valence-corrected chi connectivity index (χ2v) is 7.36. The normalized spacial score (nSPS) is 10.6. The third kappa shape index (κ3) is 4.49. The highest BCUT2D eigenvalue weighted by Gasteiger charge is 2.10. The van der Waals surface area contributed by atoms with E-state index in [-0.39, 0.29) is 12.5 Å². The minimum Gasteiger partial charge on any atom is -0.484 e. The highest BCUT2D eigenvalue weighted by atomic mass is 32.1. The number of nitrogens with zero attached hydrogens (tertiary/aromatic N) is 1. The molecule has 0 aliphatic carbocycles. The maximum absolute atomic E-state index is 12.1. The maximum Gasteiger partial charge on any atom is 0.264 e. The van der Waals surface area contributed by atoms with E-state index in [1.807, 2.05) is 37.4 Å². The third-order valence-electron chi connectivity index (χ3n) is 4.12. The predicted octanol–water partition coefficient (Wildman–Crippen LogP) is 5.06. The molecular weight excluding hydrogens is 344 g/mol. The number of anilines is 1. The van der Waals surface area contributed by atoms with E-state index < -0.39 is 0 Å². The van der Waals surface area contributed by atoms with Gasteiger partial charge in [-0.25, -0.2) is 4.98 Å². The fourth-order valence-corrected chi connectivity index (χ4v) is 3.42. The molecule has 0 saturated heterocycles. The number of carbonyl (C=O) groups is 1. The van der Waals surface area contributed by atoms with E-state index >= 15 is 0 Å². The molecule has 0 unspecified atom stereocenters. The van der Waals surface area contributed by atoms with Gasteiger partial charge in [-0.15, -0.1) is 11.3 Å². The number of hydrogen-bond donors (Lipinski definition) is 1. The molecule has 1 N–H and O–H groups in total. The zero-order valence-corrected chi connectivity index (χ0v) is 16.2. The average Bonchev–Trinajstić information content (AvgIpc) is 3.03. The van der Waals surface area contributed by atoms with Gasteiger partial charge in [0.05, 0.1) is 5.69 Å². The first-order valence-corrected chi connectivity index (χ1v) is 9.33. The van der Waals surface area contributed by atoms with Crippen LogP contribution in [-0.4, -0.2) is 17.5 Å². The Hall–Kier alpha value is -2.66. The Kier molecular flexibility index (Phi) is 5.38. The van der Waals surface area contributed by atoms with Crippen LogP contribution >= 0.6 is 11.3 Å². The van der Waals surface area contributed by atoms with Gasteiger partial charge in [0.15, 0.2) is 11.7 Å². The van der Waals surface area contributed by atoms with Gasteiger partial charge >= 0.3 is 0 Å². The molecule has 0 fully saturated rings. The molecule has 1 heterocycles. The van der Waals surface area contributed by atoms with Gasteiger partial charge in [0.2, 0.25) is 0 Å². The monoisotopic (exact) mass is 366 g/mol. The molecule has 2 aromatic carbocycles. The lowest BCUT2D eigenvalue weighted by Crippen LogP contribution is -2.20. The number of thiazole rings is 1. The Labute approximate surface area is 157 Å². The molecule has 3 aromatic rings. The van der Waals surface area contributed by atoms with Crippen molar-refractivity contribution in [1.29, 1.82) is 0 Å². The molecule has 26 heavy (non-hydrogen) atoms. The van der Waals surface area contributed by atoms with Gasteiger partial charge in [0, 0.05) is 10.9 Å². The van der Waals surface area contributed by atoms with Crippen LogP contribution in [0.15, 0.2) is 41.8 Å². The van der Waals surface area contributed by atoms with Gasteiger partial charge in [0.25, 0.3) is 5.91 Å². The van der Waals surface area contributed by atoms with Crippen LogP contribution in [-0.2, 0) is 4.79 Å². The Morgan fingerprint density at radius 2 is 1.77 bits per heavy atom. The molecule has 3 rings (SSSR count). The van der Waals surface area contributed by atoms with Crippen LogP contribution in [0, 0.1) is 27.7 Å². The molecule has 134 valence electrons. The van der Waals surface area contributed by atoms with Crippen LogP contribution < -0.4 is 10.1 Å². The van der Waals surface area contributed by atoms with E-state index in [4.69, 9.17) is 4.74 Å². The van der Waals surface area contributed by atoms with Crippen LogP contribution in [0.5, 0.6) is 5.75 Å². The summed E-state index contributed by atoms with van der Waals surface area (Å²) >= 11 is 1.41. The first-order chi connectivity index (χ1) is 12.4. The predicted molar refractivity (Wildman–Crippen MR) is 107 cm³/mol. The smallest absolute Gasteiger partial charge is 0.264 e. The molecule has 0 spiro atoms. The summed E-state index contributed by atoms with van der Waals surface area (Å²) in [5.41, 5.74) is 6.61. The average molecular weight is 366 g/mol. The second-order valence-electron chi connectivity index (χ2n) is 6.50. The van der Waals surface area contributed by atoms with Gasteiger partial charge in [-0.2, -0.15) is 0 Å². The number of aromatic nitrogens is 1. The molecule has 4 nitrogen and oxygen atoms in total. The Morgan fingerprint density at radius 3 is 2.46 bits per heavy atom. The van der Waals surface area contributed by atoms with Crippen molar-refractivity contribution < 1.29 is 9.53 Å². The summed E-state index contributed by atoms with van der Waals surface area (Å²) in [4.78, 5) is 16.6. The third-order valence-corrected chi connectivity index (χ3v) is 4.88. The molecule has 0 aliphatic heterocycles. The standard InChI is InChI=1S/C21H22N2O2S/c1-13-7-14(2)9-18(8-13)25-11-20(24)23-21-22-19(12-26-21)17-6-5-15(3)16(4)10-17/h5-10,12H,11H2,1-4H3,(H,22,23,24). The van der Waals surface area contributed by atoms with Crippen molar-refractivity contribution >= 4 is 22.4 Å². The number of ether oxygens (including phenoxy) is 1. The summed E-state index contributed by atoms with van der Waals surface area (Å²) in [5.74, 6) is 0.484. The number of benzene rings is 2. The van der Waals surface area contributed by atoms with E-state index in [0.717, 1.165) is 22.4 Å². The first-order valence-electron chi connectivity index (χ1n) is 8.45. The molecule has 1 amide bonds. The van der Waals surface area contributed by atoms with Crippen molar-refractivity contribution in [3.63, 3.8) is 0 Å². The van der Waals surface area contributed by atoms with Gasteiger partial charge in [-0.3, -0.25) is 10.1 Å². The fourth-order valence-electron chi connectivity index (χ4n) is 2.68. The molecular formula is C21H22N2O2S. The topological polar surface area (TPSA) is 51.2 Å². The van der Waals surface area contributed by atoms with Crippen molar-refractivity contribution in [2.75, 3.05) is 11.9 Å². The van der Waals surface area contributed by atoms with Gasteiger partial charge < -0.3 is 4.74 Å². The second kappa shape index (κ2) is 7.70. The lowest BCUT2D eigenvalue weighted by Gasteiger charge is -2.07. The lowest BCUT2D eigenvalue weighted by atomic mass is 10.1. The highest BCUT2D eigenvalue weighted by molar-refractivity contribution is 7.14. The summed E-state index contributed by atoms with van der Waals surface area (Å²) in [7, 11) is 0.